The molecule has 7 nitrogen and oxygen atoms in total. The zero-order chi connectivity index (χ0) is 20.4. The van der Waals surface area contributed by atoms with Gasteiger partial charge in [0.1, 0.15) is 11.2 Å². The SMILES string of the molecule is CC(C)(C)OC(=O)N(C(=O)OC(C)(C)C)c1ncc(-c2ccncc2Br)s1. The van der Waals surface area contributed by atoms with E-state index in [1.54, 1.807) is 60.1 Å². The van der Waals surface area contributed by atoms with Crippen molar-refractivity contribution in [3.05, 3.63) is 29.1 Å². The van der Waals surface area contributed by atoms with E-state index >= 15 is 0 Å². The molecule has 0 aliphatic carbocycles. The van der Waals surface area contributed by atoms with E-state index < -0.39 is 23.4 Å². The quantitative estimate of drug-likeness (QED) is 0.582. The molecule has 2 heterocycles. The Morgan fingerprint density at radius 1 is 1.04 bits per heavy atom. The van der Waals surface area contributed by atoms with Gasteiger partial charge in [0.15, 0.2) is 0 Å². The fourth-order valence-corrected chi connectivity index (χ4v) is 3.44. The van der Waals surface area contributed by atoms with E-state index in [1.165, 1.54) is 11.3 Å². The lowest BCUT2D eigenvalue weighted by atomic mass is 10.2. The number of pyridine rings is 1. The molecule has 2 rings (SSSR count). The van der Waals surface area contributed by atoms with Crippen LogP contribution in [0.25, 0.3) is 10.4 Å². The number of aromatic nitrogens is 2. The van der Waals surface area contributed by atoms with Gasteiger partial charge in [-0.1, -0.05) is 11.3 Å². The average Bonchev–Trinajstić information content (AvgIpc) is 2.93. The average molecular weight is 456 g/mol. The van der Waals surface area contributed by atoms with E-state index in [2.05, 4.69) is 25.9 Å². The number of halogens is 1. The molecule has 0 saturated heterocycles. The Balaban J connectivity index is 2.40. The fourth-order valence-electron chi connectivity index (χ4n) is 1.91. The molecule has 0 N–H and O–H groups in total. The number of ether oxygens (including phenoxy) is 2. The number of anilines is 1. The van der Waals surface area contributed by atoms with Gasteiger partial charge in [0.05, 0.1) is 4.88 Å². The minimum Gasteiger partial charge on any atom is -0.443 e. The van der Waals surface area contributed by atoms with Crippen LogP contribution < -0.4 is 4.90 Å². The third kappa shape index (κ3) is 6.00. The zero-order valence-corrected chi connectivity index (χ0v) is 18.5. The number of carbonyl (C=O) groups excluding carboxylic acids is 2. The number of hydrogen-bond donors (Lipinski definition) is 0. The van der Waals surface area contributed by atoms with Crippen LogP contribution in [0, 0.1) is 0 Å². The number of nitrogens with zero attached hydrogens (tertiary/aromatic N) is 3. The summed E-state index contributed by atoms with van der Waals surface area (Å²) in [6.07, 6.45) is 3.22. The number of rotatable bonds is 2. The van der Waals surface area contributed by atoms with Gasteiger partial charge < -0.3 is 9.47 Å². The van der Waals surface area contributed by atoms with Crippen molar-refractivity contribution in [1.29, 1.82) is 0 Å². The molecule has 0 unspecified atom stereocenters. The molecule has 0 fully saturated rings. The van der Waals surface area contributed by atoms with Gasteiger partial charge in [-0.25, -0.2) is 14.6 Å². The molecule has 2 aromatic rings. The Hall–Kier alpha value is -2.00. The van der Waals surface area contributed by atoms with E-state index in [0.717, 1.165) is 19.8 Å². The molecule has 0 bridgehead atoms. The maximum Gasteiger partial charge on any atom is 0.426 e. The molecule has 2 amide bonds. The molecule has 0 saturated carbocycles. The number of carbonyl (C=O) groups is 2. The maximum absolute atomic E-state index is 12.6. The summed E-state index contributed by atoms with van der Waals surface area (Å²) in [6.45, 7) is 10.3. The summed E-state index contributed by atoms with van der Waals surface area (Å²) in [6, 6.07) is 1.81. The molecule has 0 aliphatic rings. The van der Waals surface area contributed by atoms with Crippen molar-refractivity contribution in [3.8, 4) is 10.4 Å². The first-order chi connectivity index (χ1) is 12.4. The Morgan fingerprint density at radius 2 is 1.59 bits per heavy atom. The molecule has 2 aromatic heterocycles. The molecule has 0 radical (unpaired) electrons. The second-order valence-corrected chi connectivity index (χ2v) is 9.52. The predicted molar refractivity (Wildman–Crippen MR) is 108 cm³/mol. The number of amides is 2. The van der Waals surface area contributed by atoms with Gasteiger partial charge in [0.25, 0.3) is 0 Å². The maximum atomic E-state index is 12.6. The number of hydrogen-bond acceptors (Lipinski definition) is 7. The van der Waals surface area contributed by atoms with Crippen LogP contribution >= 0.6 is 27.3 Å². The van der Waals surface area contributed by atoms with Gasteiger partial charge in [-0.05, 0) is 63.5 Å². The van der Waals surface area contributed by atoms with Crippen molar-refractivity contribution in [2.45, 2.75) is 52.7 Å². The van der Waals surface area contributed by atoms with Crippen LogP contribution in [0.2, 0.25) is 0 Å². The van der Waals surface area contributed by atoms with Crippen molar-refractivity contribution in [2.24, 2.45) is 0 Å². The van der Waals surface area contributed by atoms with Crippen molar-refractivity contribution < 1.29 is 19.1 Å². The highest BCUT2D eigenvalue weighted by molar-refractivity contribution is 9.10. The van der Waals surface area contributed by atoms with Crippen LogP contribution in [0.3, 0.4) is 0 Å². The number of imide groups is 1. The van der Waals surface area contributed by atoms with E-state index in [0.29, 0.717) is 0 Å². The van der Waals surface area contributed by atoms with Crippen molar-refractivity contribution in [1.82, 2.24) is 9.97 Å². The van der Waals surface area contributed by atoms with Crippen molar-refractivity contribution in [3.63, 3.8) is 0 Å². The van der Waals surface area contributed by atoms with E-state index in [9.17, 15) is 9.59 Å². The van der Waals surface area contributed by atoms with Gasteiger partial charge in [0, 0.05) is 28.6 Å². The van der Waals surface area contributed by atoms with Gasteiger partial charge in [-0.2, -0.15) is 4.90 Å². The lowest BCUT2D eigenvalue weighted by Crippen LogP contribution is -2.43. The molecule has 146 valence electrons. The van der Waals surface area contributed by atoms with E-state index in [1.807, 2.05) is 6.07 Å². The Morgan fingerprint density at radius 3 is 2.07 bits per heavy atom. The summed E-state index contributed by atoms with van der Waals surface area (Å²) in [5, 5.41) is 0.164. The highest BCUT2D eigenvalue weighted by Gasteiger charge is 2.34. The minimum atomic E-state index is -0.841. The van der Waals surface area contributed by atoms with Crippen molar-refractivity contribution >= 4 is 44.6 Å². The second kappa shape index (κ2) is 7.93. The first kappa shape index (κ1) is 21.3. The summed E-state index contributed by atoms with van der Waals surface area (Å²) in [7, 11) is 0. The number of thiazole rings is 1. The lowest BCUT2D eigenvalue weighted by Gasteiger charge is -2.27. The molecule has 27 heavy (non-hydrogen) atoms. The highest BCUT2D eigenvalue weighted by atomic mass is 79.9. The van der Waals surface area contributed by atoms with Crippen LogP contribution in [0.4, 0.5) is 14.7 Å². The van der Waals surface area contributed by atoms with Gasteiger partial charge >= 0.3 is 12.2 Å². The van der Waals surface area contributed by atoms with E-state index in [4.69, 9.17) is 9.47 Å². The largest absolute Gasteiger partial charge is 0.443 e. The first-order valence-electron chi connectivity index (χ1n) is 8.19. The van der Waals surface area contributed by atoms with Crippen LogP contribution in [-0.4, -0.2) is 33.4 Å². The first-order valence-corrected chi connectivity index (χ1v) is 9.80. The summed E-state index contributed by atoms with van der Waals surface area (Å²) in [4.78, 5) is 35.1. The molecular weight excluding hydrogens is 434 g/mol. The fraction of sp³-hybridized carbons (Fsp3) is 0.444. The standard InChI is InChI=1S/C18H22BrN3O4S/c1-17(2,3)25-15(23)22(16(24)26-18(4,5)6)14-21-10-13(27-14)11-7-8-20-9-12(11)19/h7-10H,1-6H3. The zero-order valence-electron chi connectivity index (χ0n) is 16.1. The predicted octanol–water partition coefficient (Wildman–Crippen LogP) is 5.64. The molecule has 0 aromatic carbocycles. The summed E-state index contributed by atoms with van der Waals surface area (Å²) >= 11 is 4.61. The summed E-state index contributed by atoms with van der Waals surface area (Å²) in [5.41, 5.74) is -0.695. The molecule has 0 spiro atoms. The monoisotopic (exact) mass is 455 g/mol. The third-order valence-corrected chi connectivity index (χ3v) is 4.52. The van der Waals surface area contributed by atoms with Crippen LogP contribution in [-0.2, 0) is 9.47 Å². The van der Waals surface area contributed by atoms with Crippen LogP contribution in [0.1, 0.15) is 41.5 Å². The summed E-state index contributed by atoms with van der Waals surface area (Å²) in [5.74, 6) is 0. The Kier molecular flexibility index (Phi) is 6.26. The van der Waals surface area contributed by atoms with Gasteiger partial charge in [-0.3, -0.25) is 4.98 Å². The third-order valence-electron chi connectivity index (χ3n) is 2.87. The molecule has 0 atom stereocenters. The van der Waals surface area contributed by atoms with Gasteiger partial charge in [-0.15, -0.1) is 0 Å². The molecule has 0 aliphatic heterocycles. The normalized spacial score (nSPS) is 11.8. The minimum absolute atomic E-state index is 0.164. The lowest BCUT2D eigenvalue weighted by molar-refractivity contribution is 0.0430. The van der Waals surface area contributed by atoms with Crippen molar-refractivity contribution in [2.75, 3.05) is 4.90 Å². The topological polar surface area (TPSA) is 81.6 Å². The Labute approximate surface area is 170 Å². The highest BCUT2D eigenvalue weighted by Crippen LogP contribution is 2.35. The van der Waals surface area contributed by atoms with Gasteiger partial charge in [0.2, 0.25) is 5.13 Å². The molecule has 9 heteroatoms. The summed E-state index contributed by atoms with van der Waals surface area (Å²) < 4.78 is 11.5. The smallest absolute Gasteiger partial charge is 0.426 e. The second-order valence-electron chi connectivity index (χ2n) is 7.66. The van der Waals surface area contributed by atoms with E-state index in [-0.39, 0.29) is 5.13 Å². The van der Waals surface area contributed by atoms with Crippen LogP contribution in [0.5, 0.6) is 0 Å². The van der Waals surface area contributed by atoms with Crippen LogP contribution in [0.15, 0.2) is 29.1 Å². The Bertz CT molecular complexity index is 812. The molecular formula is C18H22BrN3O4S.